The third kappa shape index (κ3) is 4.83. The number of nitrogens with zero attached hydrogens (tertiary/aromatic N) is 1. The Morgan fingerprint density at radius 3 is 2.48 bits per heavy atom. The molecule has 1 aromatic carbocycles. The number of rotatable bonds is 7. The van der Waals surface area contributed by atoms with Gasteiger partial charge in [0, 0.05) is 13.0 Å². The van der Waals surface area contributed by atoms with Crippen LogP contribution < -0.4 is 19.7 Å². The molecule has 0 spiro atoms. The van der Waals surface area contributed by atoms with E-state index in [-0.39, 0.29) is 10.8 Å². The third-order valence-electron chi connectivity index (χ3n) is 4.27. The fourth-order valence-electron chi connectivity index (χ4n) is 2.83. The largest absolute Gasteiger partial charge is 0.497 e. The van der Waals surface area contributed by atoms with Gasteiger partial charge in [0.05, 0.1) is 53.5 Å². The topological polar surface area (TPSA) is 89.4 Å². The van der Waals surface area contributed by atoms with Crippen molar-refractivity contribution >= 4 is 15.9 Å². The highest BCUT2D eigenvalue weighted by molar-refractivity contribution is 7.89. The first kappa shape index (κ1) is 19.5. The Balaban J connectivity index is 2.06. The molecule has 1 saturated heterocycles. The smallest absolute Gasteiger partial charge is 0.247 e. The first-order valence-electron chi connectivity index (χ1n) is 8.18. The molecule has 1 aliphatic heterocycles. The second-order valence-electron chi connectivity index (χ2n) is 5.90. The molecule has 0 aliphatic carbocycles. The lowest BCUT2D eigenvalue weighted by molar-refractivity contribution is -0.902. The van der Waals surface area contributed by atoms with Crippen molar-refractivity contribution in [2.75, 3.05) is 53.5 Å². The van der Waals surface area contributed by atoms with E-state index >= 15 is 0 Å². The zero-order chi connectivity index (χ0) is 18.4. The van der Waals surface area contributed by atoms with E-state index in [9.17, 15) is 13.2 Å². The molecule has 1 aromatic rings. The number of piperazine rings is 1. The number of benzene rings is 1. The van der Waals surface area contributed by atoms with Crippen molar-refractivity contribution in [2.24, 2.45) is 0 Å². The molecule has 0 bridgehead atoms. The van der Waals surface area contributed by atoms with Gasteiger partial charge < -0.3 is 19.7 Å². The number of sulfonamides is 1. The van der Waals surface area contributed by atoms with Gasteiger partial charge in [0.2, 0.25) is 15.9 Å². The highest BCUT2D eigenvalue weighted by Crippen LogP contribution is 2.30. The summed E-state index contributed by atoms with van der Waals surface area (Å²) < 4.78 is 37.8. The van der Waals surface area contributed by atoms with Gasteiger partial charge in [-0.1, -0.05) is 0 Å². The number of carbonyl (C=O) groups excluding carboxylic acids is 1. The van der Waals surface area contributed by atoms with Crippen LogP contribution in [0.5, 0.6) is 11.5 Å². The predicted octanol–water partition coefficient (Wildman–Crippen LogP) is -1.27. The monoisotopic (exact) mass is 372 g/mol. The average Bonchev–Trinajstić information content (AvgIpc) is 2.61. The van der Waals surface area contributed by atoms with Crippen molar-refractivity contribution in [3.8, 4) is 11.5 Å². The molecule has 9 heteroatoms. The van der Waals surface area contributed by atoms with Gasteiger partial charge in [-0.25, -0.2) is 8.42 Å². The molecule has 25 heavy (non-hydrogen) atoms. The molecule has 1 amide bonds. The van der Waals surface area contributed by atoms with E-state index in [0.29, 0.717) is 44.2 Å². The van der Waals surface area contributed by atoms with Gasteiger partial charge in [0.1, 0.15) is 16.4 Å². The highest BCUT2D eigenvalue weighted by Gasteiger charge is 2.32. The second kappa shape index (κ2) is 8.50. The number of ether oxygens (including phenoxy) is 2. The summed E-state index contributed by atoms with van der Waals surface area (Å²) in [5.41, 5.74) is 0. The number of amides is 1. The van der Waals surface area contributed by atoms with Crippen molar-refractivity contribution in [1.29, 1.82) is 0 Å². The van der Waals surface area contributed by atoms with Gasteiger partial charge in [-0.05, 0) is 12.1 Å². The van der Waals surface area contributed by atoms with Crippen LogP contribution in [0.15, 0.2) is 23.1 Å². The van der Waals surface area contributed by atoms with Gasteiger partial charge in [0.15, 0.2) is 0 Å². The van der Waals surface area contributed by atoms with E-state index in [1.165, 1.54) is 36.4 Å². The summed E-state index contributed by atoms with van der Waals surface area (Å²) in [5, 5.41) is 2.77. The van der Waals surface area contributed by atoms with E-state index in [2.05, 4.69) is 5.32 Å². The Morgan fingerprint density at radius 1 is 1.24 bits per heavy atom. The standard InChI is InChI=1S/C16H25N3O5S/c1-13(20)17-6-7-18-8-10-19(11-9-18)25(21,22)16-12-14(23-2)4-5-15(16)24-3/h4-5,12H,6-11H2,1-3H3,(H,17,20)/p+1. The molecule has 0 aromatic heterocycles. The van der Waals surface area contributed by atoms with Crippen molar-refractivity contribution < 1.29 is 27.6 Å². The normalized spacial score (nSPS) is 16.4. The van der Waals surface area contributed by atoms with E-state index < -0.39 is 10.0 Å². The molecule has 2 N–H and O–H groups in total. The second-order valence-corrected chi connectivity index (χ2v) is 7.81. The average molecular weight is 372 g/mol. The molecule has 8 nitrogen and oxygen atoms in total. The molecule has 1 aliphatic rings. The SMILES string of the molecule is COc1ccc(OC)c(S(=O)(=O)N2CC[NH+](CCNC(C)=O)CC2)c1. The molecule has 0 atom stereocenters. The van der Waals surface area contributed by atoms with E-state index in [1.807, 2.05) is 0 Å². The van der Waals surface area contributed by atoms with Gasteiger partial charge in [-0.2, -0.15) is 4.31 Å². The lowest BCUT2D eigenvalue weighted by Gasteiger charge is -2.31. The Hall–Kier alpha value is -1.84. The Kier molecular flexibility index (Phi) is 6.63. The maximum atomic E-state index is 13.0. The van der Waals surface area contributed by atoms with E-state index in [0.717, 1.165) is 6.54 Å². The lowest BCUT2D eigenvalue weighted by atomic mass is 10.3. The van der Waals surface area contributed by atoms with Crippen molar-refractivity contribution in [2.45, 2.75) is 11.8 Å². The van der Waals surface area contributed by atoms with Crippen LogP contribution in [0, 0.1) is 0 Å². The fraction of sp³-hybridized carbons (Fsp3) is 0.562. The van der Waals surface area contributed by atoms with Gasteiger partial charge in [-0.3, -0.25) is 4.79 Å². The Bertz CT molecular complexity index is 700. The summed E-state index contributed by atoms with van der Waals surface area (Å²) in [4.78, 5) is 12.3. The minimum atomic E-state index is -3.65. The van der Waals surface area contributed by atoms with Crippen LogP contribution in [0.4, 0.5) is 0 Å². The minimum absolute atomic E-state index is 0.0502. The molecule has 1 heterocycles. The van der Waals surface area contributed by atoms with Crippen molar-refractivity contribution in [1.82, 2.24) is 9.62 Å². The molecule has 140 valence electrons. The highest BCUT2D eigenvalue weighted by atomic mass is 32.2. The molecule has 2 rings (SSSR count). The van der Waals surface area contributed by atoms with Gasteiger partial charge in [-0.15, -0.1) is 0 Å². The van der Waals surface area contributed by atoms with Gasteiger partial charge in [0.25, 0.3) is 0 Å². The molecule has 0 radical (unpaired) electrons. The quantitative estimate of drug-likeness (QED) is 0.623. The number of hydrogen-bond donors (Lipinski definition) is 2. The van der Waals surface area contributed by atoms with Crippen LogP contribution in [0.25, 0.3) is 0 Å². The van der Waals surface area contributed by atoms with E-state index in [1.54, 1.807) is 12.1 Å². The summed E-state index contributed by atoms with van der Waals surface area (Å²) in [6.07, 6.45) is 0. The Morgan fingerprint density at radius 2 is 1.92 bits per heavy atom. The summed E-state index contributed by atoms with van der Waals surface area (Å²) in [7, 11) is -0.705. The van der Waals surface area contributed by atoms with Crippen LogP contribution in [0.3, 0.4) is 0 Å². The summed E-state index contributed by atoms with van der Waals surface area (Å²) in [6.45, 7) is 5.13. The fourth-order valence-corrected chi connectivity index (χ4v) is 4.44. The summed E-state index contributed by atoms with van der Waals surface area (Å²) in [5.74, 6) is 0.728. The van der Waals surface area contributed by atoms with E-state index in [4.69, 9.17) is 9.47 Å². The summed E-state index contributed by atoms with van der Waals surface area (Å²) >= 11 is 0. The Labute approximate surface area is 148 Å². The first-order chi connectivity index (χ1) is 11.9. The molecular weight excluding hydrogens is 346 g/mol. The summed E-state index contributed by atoms with van der Waals surface area (Å²) in [6, 6.07) is 4.76. The van der Waals surface area contributed by atoms with Crippen LogP contribution in [-0.4, -0.2) is 72.1 Å². The van der Waals surface area contributed by atoms with Crippen LogP contribution in [0.2, 0.25) is 0 Å². The number of quaternary nitrogens is 1. The van der Waals surface area contributed by atoms with Crippen LogP contribution >= 0.6 is 0 Å². The predicted molar refractivity (Wildman–Crippen MR) is 92.6 cm³/mol. The zero-order valence-electron chi connectivity index (χ0n) is 14.9. The van der Waals surface area contributed by atoms with Crippen molar-refractivity contribution in [3.63, 3.8) is 0 Å². The first-order valence-corrected chi connectivity index (χ1v) is 9.62. The van der Waals surface area contributed by atoms with Crippen molar-refractivity contribution in [3.05, 3.63) is 18.2 Å². The number of methoxy groups -OCH3 is 2. The number of carbonyl (C=O) groups is 1. The maximum absolute atomic E-state index is 13.0. The minimum Gasteiger partial charge on any atom is -0.497 e. The number of hydrogen-bond acceptors (Lipinski definition) is 5. The molecular formula is C16H26N3O5S+. The number of nitrogens with one attached hydrogen (secondary N) is 2. The van der Waals surface area contributed by atoms with Crippen LogP contribution in [0.1, 0.15) is 6.92 Å². The van der Waals surface area contributed by atoms with Crippen LogP contribution in [-0.2, 0) is 14.8 Å². The van der Waals surface area contributed by atoms with Gasteiger partial charge >= 0.3 is 0 Å². The maximum Gasteiger partial charge on any atom is 0.247 e. The zero-order valence-corrected chi connectivity index (χ0v) is 15.7. The molecule has 0 saturated carbocycles. The molecule has 0 unspecified atom stereocenters. The third-order valence-corrected chi connectivity index (χ3v) is 6.19. The molecule has 1 fully saturated rings. The lowest BCUT2D eigenvalue weighted by Crippen LogP contribution is -3.15.